The van der Waals surface area contributed by atoms with Crippen molar-refractivity contribution in [2.75, 3.05) is 5.32 Å². The number of amides is 1. The van der Waals surface area contributed by atoms with Crippen LogP contribution in [0.2, 0.25) is 5.02 Å². The molecule has 2 N–H and O–H groups in total. The third-order valence-corrected chi connectivity index (χ3v) is 3.82. The SMILES string of the molecule is Cc1cc(C)c(C(=O)O)cc1NC(=O)c1nc(C(C)C)ncc1Cl. The Labute approximate surface area is 144 Å². The highest BCUT2D eigenvalue weighted by Gasteiger charge is 2.18. The second-order valence-corrected chi connectivity index (χ2v) is 6.23. The first-order chi connectivity index (χ1) is 11.2. The highest BCUT2D eigenvalue weighted by atomic mass is 35.5. The molecule has 0 aliphatic rings. The topological polar surface area (TPSA) is 92.2 Å². The molecule has 0 bridgehead atoms. The van der Waals surface area contributed by atoms with Crippen LogP contribution < -0.4 is 5.32 Å². The van der Waals surface area contributed by atoms with E-state index in [2.05, 4.69) is 15.3 Å². The van der Waals surface area contributed by atoms with Crippen molar-refractivity contribution in [1.29, 1.82) is 0 Å². The van der Waals surface area contributed by atoms with Gasteiger partial charge in [0.2, 0.25) is 0 Å². The summed E-state index contributed by atoms with van der Waals surface area (Å²) in [6.45, 7) is 7.32. The van der Waals surface area contributed by atoms with Gasteiger partial charge in [-0.15, -0.1) is 0 Å². The Morgan fingerprint density at radius 1 is 1.21 bits per heavy atom. The van der Waals surface area contributed by atoms with Gasteiger partial charge in [0.25, 0.3) is 5.91 Å². The van der Waals surface area contributed by atoms with Crippen LogP contribution in [-0.4, -0.2) is 27.0 Å². The second kappa shape index (κ2) is 6.97. The van der Waals surface area contributed by atoms with E-state index in [4.69, 9.17) is 11.6 Å². The Bertz CT molecular complexity index is 819. The largest absolute Gasteiger partial charge is 0.478 e. The highest BCUT2D eigenvalue weighted by Crippen LogP contribution is 2.23. The van der Waals surface area contributed by atoms with E-state index in [0.717, 1.165) is 5.56 Å². The van der Waals surface area contributed by atoms with E-state index in [9.17, 15) is 14.7 Å². The summed E-state index contributed by atoms with van der Waals surface area (Å²) >= 11 is 6.03. The lowest BCUT2D eigenvalue weighted by Crippen LogP contribution is -2.17. The van der Waals surface area contributed by atoms with Gasteiger partial charge < -0.3 is 10.4 Å². The molecule has 0 radical (unpaired) electrons. The normalized spacial score (nSPS) is 10.8. The fourth-order valence-corrected chi connectivity index (χ4v) is 2.39. The molecule has 0 aliphatic carbocycles. The van der Waals surface area contributed by atoms with Crippen LogP contribution in [0, 0.1) is 13.8 Å². The molecule has 0 saturated heterocycles. The van der Waals surface area contributed by atoms with Crippen LogP contribution in [0.5, 0.6) is 0 Å². The summed E-state index contributed by atoms with van der Waals surface area (Å²) in [5.41, 5.74) is 1.98. The number of nitrogens with zero attached hydrogens (tertiary/aromatic N) is 2. The molecule has 7 heteroatoms. The van der Waals surface area contributed by atoms with Crippen molar-refractivity contribution in [3.63, 3.8) is 0 Å². The first-order valence-corrected chi connectivity index (χ1v) is 7.76. The lowest BCUT2D eigenvalue weighted by Gasteiger charge is -2.12. The Morgan fingerprint density at radius 3 is 2.46 bits per heavy atom. The van der Waals surface area contributed by atoms with Gasteiger partial charge in [-0.25, -0.2) is 14.8 Å². The number of hydrogen-bond donors (Lipinski definition) is 2. The Morgan fingerprint density at radius 2 is 1.88 bits per heavy atom. The Kier molecular flexibility index (Phi) is 5.19. The minimum absolute atomic E-state index is 0.0496. The summed E-state index contributed by atoms with van der Waals surface area (Å²) in [6, 6.07) is 3.14. The molecule has 1 amide bonds. The molecule has 0 unspecified atom stereocenters. The van der Waals surface area contributed by atoms with Crippen molar-refractivity contribution in [2.45, 2.75) is 33.6 Å². The number of benzene rings is 1. The summed E-state index contributed by atoms with van der Waals surface area (Å²) in [5, 5.41) is 12.0. The van der Waals surface area contributed by atoms with Crippen LogP contribution in [0.3, 0.4) is 0 Å². The molecular weight excluding hydrogens is 330 g/mol. The van der Waals surface area contributed by atoms with Crippen molar-refractivity contribution >= 4 is 29.2 Å². The zero-order valence-electron chi connectivity index (χ0n) is 13.8. The summed E-state index contributed by atoms with van der Waals surface area (Å²) in [6.07, 6.45) is 1.39. The molecule has 0 fully saturated rings. The number of aromatic carboxylic acids is 1. The number of anilines is 1. The minimum atomic E-state index is -1.05. The predicted molar refractivity (Wildman–Crippen MR) is 92.0 cm³/mol. The maximum atomic E-state index is 12.5. The molecular formula is C17H18ClN3O3. The fraction of sp³-hybridized carbons (Fsp3) is 0.294. The van der Waals surface area contributed by atoms with E-state index in [0.29, 0.717) is 17.1 Å². The van der Waals surface area contributed by atoms with Crippen molar-refractivity contribution in [2.24, 2.45) is 0 Å². The molecule has 2 rings (SSSR count). The lowest BCUT2D eigenvalue weighted by molar-refractivity contribution is 0.0695. The van der Waals surface area contributed by atoms with Crippen molar-refractivity contribution in [3.05, 3.63) is 51.6 Å². The van der Waals surface area contributed by atoms with E-state index >= 15 is 0 Å². The number of carboxylic acids is 1. The highest BCUT2D eigenvalue weighted by molar-refractivity contribution is 6.33. The summed E-state index contributed by atoms with van der Waals surface area (Å²) < 4.78 is 0. The standard InChI is InChI=1S/C17H18ClN3O3/c1-8(2)15-19-7-12(18)14(21-15)16(22)20-13-6-11(17(23)24)9(3)5-10(13)4/h5-8H,1-4H3,(H,20,22)(H,23,24). The number of hydrogen-bond acceptors (Lipinski definition) is 4. The van der Waals surface area contributed by atoms with Gasteiger partial charge in [-0.3, -0.25) is 4.79 Å². The molecule has 0 saturated carbocycles. The number of aromatic nitrogens is 2. The quantitative estimate of drug-likeness (QED) is 0.877. The maximum Gasteiger partial charge on any atom is 0.336 e. The van der Waals surface area contributed by atoms with Gasteiger partial charge in [0, 0.05) is 11.6 Å². The molecule has 126 valence electrons. The van der Waals surface area contributed by atoms with Crippen molar-refractivity contribution < 1.29 is 14.7 Å². The third kappa shape index (κ3) is 3.71. The van der Waals surface area contributed by atoms with Gasteiger partial charge in [0.05, 0.1) is 16.8 Å². The fourth-order valence-electron chi connectivity index (χ4n) is 2.22. The average molecular weight is 348 g/mol. The number of carboxylic acid groups (broad SMARTS) is 1. The predicted octanol–water partition coefficient (Wildman–Crippen LogP) is 3.82. The minimum Gasteiger partial charge on any atom is -0.478 e. The zero-order chi connectivity index (χ0) is 18.0. The number of carbonyl (C=O) groups is 2. The van der Waals surface area contributed by atoms with Crippen LogP contribution >= 0.6 is 11.6 Å². The number of rotatable bonds is 4. The van der Waals surface area contributed by atoms with Crippen LogP contribution in [0.1, 0.15) is 57.6 Å². The van der Waals surface area contributed by atoms with E-state index in [-0.39, 0.29) is 22.2 Å². The number of aryl methyl sites for hydroxylation is 2. The van der Waals surface area contributed by atoms with Crippen molar-refractivity contribution in [3.8, 4) is 0 Å². The molecule has 1 aromatic carbocycles. The monoisotopic (exact) mass is 347 g/mol. The molecule has 2 aromatic rings. The first-order valence-electron chi connectivity index (χ1n) is 7.39. The van der Waals surface area contributed by atoms with E-state index in [1.54, 1.807) is 19.9 Å². The van der Waals surface area contributed by atoms with Gasteiger partial charge in [0.15, 0.2) is 5.69 Å². The van der Waals surface area contributed by atoms with Crippen LogP contribution in [0.25, 0.3) is 0 Å². The summed E-state index contributed by atoms with van der Waals surface area (Å²) in [7, 11) is 0. The second-order valence-electron chi connectivity index (χ2n) is 5.82. The summed E-state index contributed by atoms with van der Waals surface area (Å²) in [4.78, 5) is 32.0. The lowest BCUT2D eigenvalue weighted by atomic mass is 10.0. The molecule has 0 aliphatic heterocycles. The van der Waals surface area contributed by atoms with E-state index < -0.39 is 11.9 Å². The zero-order valence-corrected chi connectivity index (χ0v) is 14.6. The Hall–Kier alpha value is -2.47. The summed E-state index contributed by atoms with van der Waals surface area (Å²) in [5.74, 6) is -0.998. The van der Waals surface area contributed by atoms with Gasteiger partial charge in [-0.1, -0.05) is 31.5 Å². The van der Waals surface area contributed by atoms with Gasteiger partial charge in [0.1, 0.15) is 5.82 Å². The molecule has 0 atom stereocenters. The van der Waals surface area contributed by atoms with Gasteiger partial charge in [-0.05, 0) is 31.0 Å². The van der Waals surface area contributed by atoms with Crippen LogP contribution in [0.15, 0.2) is 18.3 Å². The van der Waals surface area contributed by atoms with Gasteiger partial charge in [-0.2, -0.15) is 0 Å². The average Bonchev–Trinajstić information content (AvgIpc) is 2.49. The number of halogens is 1. The molecule has 1 aromatic heterocycles. The molecule has 6 nitrogen and oxygen atoms in total. The van der Waals surface area contributed by atoms with Gasteiger partial charge >= 0.3 is 5.97 Å². The van der Waals surface area contributed by atoms with E-state index in [1.807, 2.05) is 13.8 Å². The molecule has 24 heavy (non-hydrogen) atoms. The third-order valence-electron chi connectivity index (χ3n) is 3.54. The number of carbonyl (C=O) groups excluding carboxylic acids is 1. The first kappa shape index (κ1) is 17.9. The van der Waals surface area contributed by atoms with E-state index in [1.165, 1.54) is 12.3 Å². The maximum absolute atomic E-state index is 12.5. The number of nitrogens with one attached hydrogen (secondary N) is 1. The van der Waals surface area contributed by atoms with Crippen LogP contribution in [0.4, 0.5) is 5.69 Å². The van der Waals surface area contributed by atoms with Crippen LogP contribution in [-0.2, 0) is 0 Å². The molecule has 1 heterocycles. The molecule has 0 spiro atoms. The Balaban J connectivity index is 2.38. The van der Waals surface area contributed by atoms with Crippen molar-refractivity contribution in [1.82, 2.24) is 9.97 Å². The smallest absolute Gasteiger partial charge is 0.336 e.